The Morgan fingerprint density at radius 2 is 2.00 bits per heavy atom. The van der Waals surface area contributed by atoms with E-state index >= 15 is 0 Å². The summed E-state index contributed by atoms with van der Waals surface area (Å²) in [6, 6.07) is 5.60. The van der Waals surface area contributed by atoms with Gasteiger partial charge in [-0.15, -0.1) is 0 Å². The molecule has 0 saturated carbocycles. The lowest BCUT2D eigenvalue weighted by molar-refractivity contribution is 0.354. The topological polar surface area (TPSA) is 57.4 Å². The number of benzene rings is 1. The van der Waals surface area contributed by atoms with Crippen LogP contribution in [-0.4, -0.2) is 24.4 Å². The first-order valence-electron chi connectivity index (χ1n) is 4.92. The van der Waals surface area contributed by atoms with E-state index in [0.29, 0.717) is 23.7 Å². The van der Waals surface area contributed by atoms with Crippen LogP contribution >= 0.6 is 11.6 Å². The van der Waals surface area contributed by atoms with Crippen LogP contribution in [-0.2, 0) is 6.42 Å². The van der Waals surface area contributed by atoms with E-state index in [-0.39, 0.29) is 5.35 Å². The van der Waals surface area contributed by atoms with Gasteiger partial charge in [0.05, 0.1) is 14.2 Å². The van der Waals surface area contributed by atoms with Gasteiger partial charge in [-0.05, 0) is 29.3 Å². The van der Waals surface area contributed by atoms with Crippen LogP contribution in [0.3, 0.4) is 0 Å². The molecule has 6 heteroatoms. The summed E-state index contributed by atoms with van der Waals surface area (Å²) in [5.74, 6) is 1.88. The summed E-state index contributed by atoms with van der Waals surface area (Å²) in [6.07, 6.45) is 0.524. The Morgan fingerprint density at radius 1 is 1.24 bits per heavy atom. The van der Waals surface area contributed by atoms with E-state index in [0.717, 1.165) is 5.56 Å². The first-order valence-corrected chi connectivity index (χ1v) is 5.29. The van der Waals surface area contributed by atoms with Gasteiger partial charge in [-0.25, -0.2) is 0 Å². The molecule has 0 amide bonds. The van der Waals surface area contributed by atoms with Crippen molar-refractivity contribution in [2.75, 3.05) is 14.2 Å². The second-order valence-electron chi connectivity index (χ2n) is 3.33. The molecule has 2 aromatic rings. The average molecular weight is 255 g/mol. The number of aromatic nitrogens is 2. The zero-order valence-electron chi connectivity index (χ0n) is 9.44. The monoisotopic (exact) mass is 254 g/mol. The highest BCUT2D eigenvalue weighted by atomic mass is 35.5. The summed E-state index contributed by atoms with van der Waals surface area (Å²) in [7, 11) is 3.18. The van der Waals surface area contributed by atoms with E-state index < -0.39 is 0 Å². The molecule has 2 rings (SSSR count). The first-order chi connectivity index (χ1) is 8.22. The van der Waals surface area contributed by atoms with Crippen molar-refractivity contribution in [2.24, 2.45) is 0 Å². The molecule has 1 aromatic carbocycles. The van der Waals surface area contributed by atoms with Crippen LogP contribution < -0.4 is 9.47 Å². The SMILES string of the molecule is COc1ccc(Cc2noc(Cl)n2)cc1OC. The third kappa shape index (κ3) is 2.68. The molecule has 0 saturated heterocycles. The van der Waals surface area contributed by atoms with Crippen molar-refractivity contribution < 1.29 is 14.0 Å². The second kappa shape index (κ2) is 5.05. The summed E-state index contributed by atoms with van der Waals surface area (Å²) >= 11 is 5.55. The minimum Gasteiger partial charge on any atom is -0.493 e. The van der Waals surface area contributed by atoms with Crippen molar-refractivity contribution in [3.63, 3.8) is 0 Å². The lowest BCUT2D eigenvalue weighted by Crippen LogP contribution is -1.94. The Kier molecular flexibility index (Phi) is 3.49. The predicted molar refractivity (Wildman–Crippen MR) is 61.7 cm³/mol. The molecule has 90 valence electrons. The van der Waals surface area contributed by atoms with Gasteiger partial charge in [0.25, 0.3) is 0 Å². The molecular weight excluding hydrogens is 244 g/mol. The summed E-state index contributed by atoms with van der Waals surface area (Å²) in [6.45, 7) is 0. The van der Waals surface area contributed by atoms with Crippen LogP contribution in [0.25, 0.3) is 0 Å². The molecule has 0 unspecified atom stereocenters. The van der Waals surface area contributed by atoms with E-state index in [1.807, 2.05) is 18.2 Å². The number of nitrogens with zero attached hydrogens (tertiary/aromatic N) is 2. The normalized spacial score (nSPS) is 10.3. The molecule has 0 fully saturated rings. The third-order valence-electron chi connectivity index (χ3n) is 2.25. The third-order valence-corrected chi connectivity index (χ3v) is 2.41. The molecule has 0 aliphatic rings. The zero-order chi connectivity index (χ0) is 12.3. The molecule has 17 heavy (non-hydrogen) atoms. The average Bonchev–Trinajstić information content (AvgIpc) is 2.74. The van der Waals surface area contributed by atoms with Crippen molar-refractivity contribution in [3.05, 3.63) is 34.9 Å². The van der Waals surface area contributed by atoms with E-state index in [1.165, 1.54) is 0 Å². The predicted octanol–water partition coefficient (Wildman–Crippen LogP) is 2.33. The van der Waals surface area contributed by atoms with Crippen molar-refractivity contribution in [2.45, 2.75) is 6.42 Å². The molecule has 0 bridgehead atoms. The zero-order valence-corrected chi connectivity index (χ0v) is 10.2. The summed E-state index contributed by atoms with van der Waals surface area (Å²) in [4.78, 5) is 3.92. The lowest BCUT2D eigenvalue weighted by atomic mass is 10.1. The lowest BCUT2D eigenvalue weighted by Gasteiger charge is -2.08. The maximum atomic E-state index is 5.55. The summed E-state index contributed by atoms with van der Waals surface area (Å²) < 4.78 is 15.0. The molecule has 5 nitrogen and oxygen atoms in total. The van der Waals surface area contributed by atoms with Gasteiger partial charge in [0, 0.05) is 6.42 Å². The Morgan fingerprint density at radius 3 is 2.59 bits per heavy atom. The van der Waals surface area contributed by atoms with Crippen LogP contribution in [0.4, 0.5) is 0 Å². The quantitative estimate of drug-likeness (QED) is 0.838. The maximum absolute atomic E-state index is 5.55. The van der Waals surface area contributed by atoms with Crippen molar-refractivity contribution in [1.82, 2.24) is 10.1 Å². The van der Waals surface area contributed by atoms with E-state index in [2.05, 4.69) is 14.7 Å². The van der Waals surface area contributed by atoms with E-state index in [4.69, 9.17) is 21.1 Å². The number of hydrogen-bond donors (Lipinski definition) is 0. The molecule has 1 aromatic heterocycles. The molecule has 0 N–H and O–H groups in total. The Labute approximate surface area is 103 Å². The number of hydrogen-bond acceptors (Lipinski definition) is 5. The van der Waals surface area contributed by atoms with Gasteiger partial charge in [-0.2, -0.15) is 4.98 Å². The highest BCUT2D eigenvalue weighted by molar-refractivity contribution is 6.27. The van der Waals surface area contributed by atoms with Crippen LogP contribution in [0.5, 0.6) is 11.5 Å². The number of rotatable bonds is 4. The number of methoxy groups -OCH3 is 2. The maximum Gasteiger partial charge on any atom is 0.320 e. The fourth-order valence-electron chi connectivity index (χ4n) is 1.48. The van der Waals surface area contributed by atoms with Crippen LogP contribution in [0, 0.1) is 0 Å². The van der Waals surface area contributed by atoms with Crippen LogP contribution in [0.1, 0.15) is 11.4 Å². The minimum atomic E-state index is 0.0421. The van der Waals surface area contributed by atoms with Gasteiger partial charge in [0.2, 0.25) is 0 Å². The van der Waals surface area contributed by atoms with Crippen LogP contribution in [0.15, 0.2) is 22.7 Å². The number of halogens is 1. The minimum absolute atomic E-state index is 0.0421. The molecular formula is C11H11ClN2O3. The standard InChI is InChI=1S/C11H11ClN2O3/c1-15-8-4-3-7(5-9(8)16-2)6-10-13-11(12)17-14-10/h3-5H,6H2,1-2H3. The van der Waals surface area contributed by atoms with Crippen molar-refractivity contribution in [3.8, 4) is 11.5 Å². The Hall–Kier alpha value is -1.75. The van der Waals surface area contributed by atoms with Crippen molar-refractivity contribution >= 4 is 11.6 Å². The molecule has 0 aliphatic carbocycles. The number of ether oxygens (including phenoxy) is 2. The molecule has 0 aliphatic heterocycles. The van der Waals surface area contributed by atoms with Gasteiger partial charge in [-0.1, -0.05) is 11.2 Å². The van der Waals surface area contributed by atoms with Gasteiger partial charge in [0.1, 0.15) is 0 Å². The first kappa shape index (κ1) is 11.7. The fraction of sp³-hybridized carbons (Fsp3) is 0.273. The summed E-state index contributed by atoms with van der Waals surface area (Å²) in [5, 5.41) is 3.76. The van der Waals surface area contributed by atoms with Crippen molar-refractivity contribution in [1.29, 1.82) is 0 Å². The van der Waals surface area contributed by atoms with Gasteiger partial charge in [0.15, 0.2) is 17.3 Å². The second-order valence-corrected chi connectivity index (χ2v) is 3.65. The molecule has 0 radical (unpaired) electrons. The molecule has 0 atom stereocenters. The molecule has 0 spiro atoms. The highest BCUT2D eigenvalue weighted by Gasteiger charge is 2.08. The van der Waals surface area contributed by atoms with Gasteiger partial charge < -0.3 is 14.0 Å². The van der Waals surface area contributed by atoms with Gasteiger partial charge in [-0.3, -0.25) is 0 Å². The fourth-order valence-corrected chi connectivity index (χ4v) is 1.61. The van der Waals surface area contributed by atoms with Gasteiger partial charge >= 0.3 is 5.35 Å². The largest absolute Gasteiger partial charge is 0.493 e. The molecule has 1 heterocycles. The van der Waals surface area contributed by atoms with E-state index in [9.17, 15) is 0 Å². The smallest absolute Gasteiger partial charge is 0.320 e. The Balaban J connectivity index is 2.22. The Bertz CT molecular complexity index is 513. The van der Waals surface area contributed by atoms with Crippen LogP contribution in [0.2, 0.25) is 5.35 Å². The summed E-state index contributed by atoms with van der Waals surface area (Å²) in [5.41, 5.74) is 0.986. The highest BCUT2D eigenvalue weighted by Crippen LogP contribution is 2.28. The van der Waals surface area contributed by atoms with E-state index in [1.54, 1.807) is 14.2 Å².